The first-order chi connectivity index (χ1) is 15.8. The topological polar surface area (TPSA) is 98.0 Å². The maximum Gasteiger partial charge on any atom is 0.310 e. The largest absolute Gasteiger partial charge is 0.481 e. The lowest BCUT2D eigenvalue weighted by Crippen LogP contribution is -2.68. The lowest BCUT2D eigenvalue weighted by molar-refractivity contribution is -0.242. The molecule has 5 rings (SSSR count). The Balaban J connectivity index is 1.61. The summed E-state index contributed by atoms with van der Waals surface area (Å²) in [5.41, 5.74) is 0.985. The predicted molar refractivity (Wildman–Crippen MR) is 131 cm³/mol. The number of aliphatic hydroxyl groups excluding tert-OH is 3. The summed E-state index contributed by atoms with van der Waals surface area (Å²) >= 11 is 0. The molecule has 0 spiro atoms. The zero-order valence-electron chi connectivity index (χ0n) is 21.6. The molecule has 5 aliphatic carbocycles. The molecular formula is C29H44O5. The summed E-state index contributed by atoms with van der Waals surface area (Å²) in [5.74, 6) is -0.131. The van der Waals surface area contributed by atoms with Crippen molar-refractivity contribution in [2.24, 2.45) is 44.8 Å². The molecule has 0 aromatic rings. The van der Waals surface area contributed by atoms with Crippen molar-refractivity contribution >= 4 is 5.97 Å². The highest BCUT2D eigenvalue weighted by atomic mass is 16.4. The third kappa shape index (κ3) is 2.75. The van der Waals surface area contributed by atoms with Gasteiger partial charge in [-0.25, -0.2) is 0 Å². The maximum absolute atomic E-state index is 12.6. The zero-order valence-corrected chi connectivity index (χ0v) is 21.6. The Bertz CT molecular complexity index is 954. The molecule has 0 radical (unpaired) electrons. The van der Waals surface area contributed by atoms with Gasteiger partial charge in [-0.2, -0.15) is 0 Å². The molecule has 3 saturated carbocycles. The fourth-order valence-corrected chi connectivity index (χ4v) is 10.2. The molecule has 190 valence electrons. The summed E-state index contributed by atoms with van der Waals surface area (Å²) in [5, 5.41) is 42.6. The van der Waals surface area contributed by atoms with Crippen LogP contribution in [0.1, 0.15) is 86.0 Å². The smallest absolute Gasteiger partial charge is 0.310 e. The summed E-state index contributed by atoms with van der Waals surface area (Å²) in [6.45, 7) is 11.1. The molecule has 4 N–H and O–H groups in total. The van der Waals surface area contributed by atoms with Gasteiger partial charge in [0.25, 0.3) is 0 Å². The summed E-state index contributed by atoms with van der Waals surface area (Å²) in [6, 6.07) is 0. The van der Waals surface area contributed by atoms with Crippen molar-refractivity contribution in [1.82, 2.24) is 0 Å². The van der Waals surface area contributed by atoms with Gasteiger partial charge >= 0.3 is 5.97 Å². The van der Waals surface area contributed by atoms with Gasteiger partial charge in [-0.1, -0.05) is 51.0 Å². The number of allylic oxidation sites excluding steroid dienone is 4. The minimum absolute atomic E-state index is 0.0135. The van der Waals surface area contributed by atoms with Crippen molar-refractivity contribution in [2.75, 3.05) is 6.61 Å². The van der Waals surface area contributed by atoms with E-state index in [9.17, 15) is 25.2 Å². The minimum Gasteiger partial charge on any atom is -0.481 e. The van der Waals surface area contributed by atoms with E-state index in [1.165, 1.54) is 11.1 Å². The van der Waals surface area contributed by atoms with Crippen LogP contribution in [-0.2, 0) is 4.79 Å². The second kappa shape index (κ2) is 7.43. The Morgan fingerprint density at radius 1 is 1.06 bits per heavy atom. The Hall–Kier alpha value is -1.17. The van der Waals surface area contributed by atoms with Crippen LogP contribution in [0.5, 0.6) is 0 Å². The molecule has 3 fully saturated rings. The summed E-state index contributed by atoms with van der Waals surface area (Å²) in [6.07, 6.45) is 9.22. The molecule has 0 aromatic heterocycles. The van der Waals surface area contributed by atoms with Gasteiger partial charge in [0.15, 0.2) is 0 Å². The molecule has 0 bridgehead atoms. The molecule has 10 atom stereocenters. The monoisotopic (exact) mass is 472 g/mol. The highest BCUT2D eigenvalue weighted by molar-refractivity contribution is 5.77. The van der Waals surface area contributed by atoms with Crippen LogP contribution in [0.15, 0.2) is 23.3 Å². The minimum atomic E-state index is -0.909. The summed E-state index contributed by atoms with van der Waals surface area (Å²) in [7, 11) is 0. The van der Waals surface area contributed by atoms with E-state index in [0.717, 1.165) is 32.1 Å². The number of fused-ring (bicyclic) bond motifs is 7. The SMILES string of the molecule is CC1=CC[C@]2(C(=O)O)CC[C@]3(C)C(=CC[C@@H]4[C@@]5(C)C[C@@H](O)[C@H](O)[C@@](C)(CO)[C@@H]5CC[C@]43C)[C@@H]2C1. The van der Waals surface area contributed by atoms with Crippen molar-refractivity contribution in [3.63, 3.8) is 0 Å². The van der Waals surface area contributed by atoms with Crippen molar-refractivity contribution < 1.29 is 25.2 Å². The number of hydrogen-bond donors (Lipinski definition) is 4. The normalized spacial score (nSPS) is 54.5. The Morgan fingerprint density at radius 3 is 2.41 bits per heavy atom. The van der Waals surface area contributed by atoms with Crippen LogP contribution in [0.3, 0.4) is 0 Å². The van der Waals surface area contributed by atoms with Crippen molar-refractivity contribution in [3.05, 3.63) is 23.3 Å². The number of carboxylic acids is 1. The second-order valence-electron chi connectivity index (χ2n) is 13.6. The van der Waals surface area contributed by atoms with E-state index in [4.69, 9.17) is 0 Å². The van der Waals surface area contributed by atoms with Crippen LogP contribution in [0.4, 0.5) is 0 Å². The molecule has 5 heteroatoms. The Labute approximate surface area is 204 Å². The van der Waals surface area contributed by atoms with E-state index in [1.807, 2.05) is 6.92 Å². The maximum atomic E-state index is 12.6. The lowest BCUT2D eigenvalue weighted by Gasteiger charge is -2.71. The highest BCUT2D eigenvalue weighted by Gasteiger charge is 2.70. The van der Waals surface area contributed by atoms with Crippen LogP contribution in [-0.4, -0.2) is 45.2 Å². The molecule has 5 nitrogen and oxygen atoms in total. The third-order valence-electron chi connectivity index (χ3n) is 12.5. The van der Waals surface area contributed by atoms with Crippen LogP contribution in [0.25, 0.3) is 0 Å². The summed E-state index contributed by atoms with van der Waals surface area (Å²) in [4.78, 5) is 12.6. The average molecular weight is 473 g/mol. The van der Waals surface area contributed by atoms with Gasteiger partial charge in [-0.05, 0) is 86.4 Å². The van der Waals surface area contributed by atoms with Crippen LogP contribution in [0.2, 0.25) is 0 Å². The van der Waals surface area contributed by atoms with E-state index in [-0.39, 0.29) is 34.7 Å². The van der Waals surface area contributed by atoms with Crippen LogP contribution >= 0.6 is 0 Å². The van der Waals surface area contributed by atoms with E-state index in [1.54, 1.807) is 0 Å². The second-order valence-corrected chi connectivity index (χ2v) is 13.6. The summed E-state index contributed by atoms with van der Waals surface area (Å²) < 4.78 is 0. The van der Waals surface area contributed by atoms with Gasteiger partial charge in [-0.3, -0.25) is 4.79 Å². The number of carbonyl (C=O) groups is 1. The van der Waals surface area contributed by atoms with Gasteiger partial charge in [0.05, 0.1) is 24.2 Å². The molecule has 0 aliphatic heterocycles. The fraction of sp³-hybridized carbons (Fsp3) is 0.828. The van der Waals surface area contributed by atoms with E-state index < -0.39 is 29.0 Å². The average Bonchev–Trinajstić information content (AvgIpc) is 2.77. The zero-order chi connectivity index (χ0) is 24.9. The van der Waals surface area contributed by atoms with E-state index in [2.05, 4.69) is 39.8 Å². The highest BCUT2D eigenvalue weighted by Crippen LogP contribution is 2.75. The number of aliphatic hydroxyl groups is 3. The number of carboxylic acid groups (broad SMARTS) is 1. The molecule has 5 aliphatic rings. The van der Waals surface area contributed by atoms with Gasteiger partial charge in [0.2, 0.25) is 0 Å². The van der Waals surface area contributed by atoms with Gasteiger partial charge in [-0.15, -0.1) is 0 Å². The van der Waals surface area contributed by atoms with Gasteiger partial charge < -0.3 is 20.4 Å². The molecule has 0 amide bonds. The van der Waals surface area contributed by atoms with Crippen molar-refractivity contribution in [1.29, 1.82) is 0 Å². The predicted octanol–water partition coefficient (Wildman–Crippen LogP) is 4.71. The molecule has 0 saturated heterocycles. The first-order valence-electron chi connectivity index (χ1n) is 13.4. The van der Waals surface area contributed by atoms with Gasteiger partial charge in [0, 0.05) is 11.3 Å². The van der Waals surface area contributed by atoms with Gasteiger partial charge in [0.1, 0.15) is 0 Å². The standard InChI is InChI=1S/C29H44O5/c1-17-8-11-29(24(33)34)13-12-27(4)18(19(29)14-17)6-7-22-25(2)15-20(31)23(32)26(3,16-30)21(25)9-10-28(22,27)5/h6,8,19-23,30-32H,7,9-16H2,1-5H3,(H,33,34)/t19-,20+,21+,22+,23-,25-,26-,27+,28+,29-/m0/s1. The Morgan fingerprint density at radius 2 is 1.76 bits per heavy atom. The molecule has 34 heavy (non-hydrogen) atoms. The third-order valence-corrected chi connectivity index (χ3v) is 12.5. The lowest BCUT2D eigenvalue weighted by atomic mass is 9.33. The first-order valence-corrected chi connectivity index (χ1v) is 13.4. The van der Waals surface area contributed by atoms with E-state index >= 15 is 0 Å². The fourth-order valence-electron chi connectivity index (χ4n) is 10.2. The number of hydrogen-bond acceptors (Lipinski definition) is 4. The van der Waals surface area contributed by atoms with Crippen molar-refractivity contribution in [3.8, 4) is 0 Å². The van der Waals surface area contributed by atoms with Crippen LogP contribution < -0.4 is 0 Å². The van der Waals surface area contributed by atoms with Crippen LogP contribution in [0, 0.1) is 44.8 Å². The molecule has 0 heterocycles. The van der Waals surface area contributed by atoms with E-state index in [0.29, 0.717) is 25.2 Å². The molecule has 0 unspecified atom stereocenters. The Kier molecular flexibility index (Phi) is 5.36. The number of aliphatic carboxylic acids is 1. The quantitative estimate of drug-likeness (QED) is 0.437. The van der Waals surface area contributed by atoms with Crippen molar-refractivity contribution in [2.45, 2.75) is 98.2 Å². The number of rotatable bonds is 2. The molecular weight excluding hydrogens is 428 g/mol. The first kappa shape index (κ1) is 24.5. The molecule has 0 aromatic carbocycles.